The lowest BCUT2D eigenvalue weighted by molar-refractivity contribution is 0.0620. The van der Waals surface area contributed by atoms with Crippen LogP contribution in [-0.2, 0) is 7.05 Å². The number of nitrogen functional groups attached to an aromatic ring is 1. The molecule has 0 aliphatic carbocycles. The minimum absolute atomic E-state index is 0. The Labute approximate surface area is 147 Å². The van der Waals surface area contributed by atoms with Gasteiger partial charge in [0.2, 0.25) is 0 Å². The van der Waals surface area contributed by atoms with Crippen molar-refractivity contribution in [1.29, 1.82) is 0 Å². The number of hydrogen-bond donors (Lipinski definition) is 2. The van der Waals surface area contributed by atoms with E-state index in [-0.39, 0.29) is 30.0 Å². The number of nitrogens with two attached hydrogens (primary N) is 1. The normalized spacial score (nSPS) is 18.1. The van der Waals surface area contributed by atoms with Gasteiger partial charge in [-0.25, -0.2) is 0 Å². The number of hydrogen-bond acceptors (Lipinski definition) is 4. The Morgan fingerprint density at radius 3 is 2.79 bits per heavy atom. The number of aryl methyl sites for hydroxylation is 1. The zero-order valence-corrected chi connectivity index (χ0v) is 15.1. The third-order valence-corrected chi connectivity index (χ3v) is 4.28. The molecule has 130 valence electrons. The van der Waals surface area contributed by atoms with E-state index in [1.165, 1.54) is 0 Å². The number of nitrogens with one attached hydrogen (secondary N) is 1. The number of amides is 1. The van der Waals surface area contributed by atoms with Gasteiger partial charge in [-0.15, -0.1) is 12.4 Å². The van der Waals surface area contributed by atoms with Crippen LogP contribution in [0, 0.1) is 6.92 Å². The minimum Gasteiger partial charge on any atom is -0.487 e. The first-order valence-electron chi connectivity index (χ1n) is 7.65. The fraction of sp³-hybridized carbons (Fsp3) is 0.412. The van der Waals surface area contributed by atoms with Crippen LogP contribution >= 0.6 is 12.4 Å². The van der Waals surface area contributed by atoms with E-state index in [9.17, 15) is 4.79 Å². The fourth-order valence-electron chi connectivity index (χ4n) is 2.96. The van der Waals surface area contributed by atoms with Crippen molar-refractivity contribution in [3.63, 3.8) is 0 Å². The second-order valence-electron chi connectivity index (χ2n) is 6.66. The van der Waals surface area contributed by atoms with E-state index < -0.39 is 0 Å². The molecule has 1 aliphatic rings. The van der Waals surface area contributed by atoms with Crippen molar-refractivity contribution in [2.45, 2.75) is 38.8 Å². The van der Waals surface area contributed by atoms with Gasteiger partial charge in [0, 0.05) is 30.4 Å². The van der Waals surface area contributed by atoms with Crippen molar-refractivity contribution in [2.75, 3.05) is 5.73 Å². The topological polar surface area (TPSA) is 82.2 Å². The summed E-state index contributed by atoms with van der Waals surface area (Å²) in [6, 6.07) is 5.39. The highest BCUT2D eigenvalue weighted by molar-refractivity contribution is 5.95. The van der Waals surface area contributed by atoms with Crippen molar-refractivity contribution in [1.82, 2.24) is 15.1 Å². The molecule has 1 amide bonds. The van der Waals surface area contributed by atoms with Crippen LogP contribution in [0.3, 0.4) is 0 Å². The molecule has 1 aromatic carbocycles. The molecule has 0 fully saturated rings. The van der Waals surface area contributed by atoms with E-state index in [1.54, 1.807) is 10.9 Å². The van der Waals surface area contributed by atoms with E-state index in [1.807, 2.05) is 46.0 Å². The van der Waals surface area contributed by atoms with Crippen LogP contribution in [0.25, 0.3) is 0 Å². The molecule has 0 spiro atoms. The van der Waals surface area contributed by atoms with E-state index in [2.05, 4.69) is 10.4 Å². The third-order valence-electron chi connectivity index (χ3n) is 4.28. The maximum Gasteiger partial charge on any atom is 0.255 e. The molecule has 1 atom stereocenters. The lowest BCUT2D eigenvalue weighted by Gasteiger charge is -2.38. The average molecular weight is 351 g/mol. The van der Waals surface area contributed by atoms with Crippen molar-refractivity contribution >= 4 is 24.0 Å². The number of nitrogens with zero attached hydrogens (tertiary/aromatic N) is 2. The summed E-state index contributed by atoms with van der Waals surface area (Å²) in [5.74, 6) is 0.635. The minimum atomic E-state index is -0.356. The van der Waals surface area contributed by atoms with Gasteiger partial charge in [-0.3, -0.25) is 9.48 Å². The van der Waals surface area contributed by atoms with Crippen LogP contribution in [0.15, 0.2) is 24.4 Å². The number of aromatic nitrogens is 2. The Bertz CT molecular complexity index is 770. The number of fused-ring (bicyclic) bond motifs is 1. The second-order valence-corrected chi connectivity index (χ2v) is 6.66. The molecule has 6 nitrogen and oxygen atoms in total. The molecule has 0 saturated heterocycles. The first-order valence-corrected chi connectivity index (χ1v) is 7.65. The van der Waals surface area contributed by atoms with Gasteiger partial charge < -0.3 is 15.8 Å². The molecule has 1 aliphatic heterocycles. The summed E-state index contributed by atoms with van der Waals surface area (Å²) in [7, 11) is 1.82. The Balaban J connectivity index is 0.00000208. The molecule has 2 heterocycles. The molecule has 3 rings (SSSR count). The summed E-state index contributed by atoms with van der Waals surface area (Å²) in [5, 5.41) is 7.23. The van der Waals surface area contributed by atoms with Gasteiger partial charge in [0.1, 0.15) is 11.4 Å². The van der Waals surface area contributed by atoms with Gasteiger partial charge >= 0.3 is 0 Å². The predicted molar refractivity (Wildman–Crippen MR) is 95.6 cm³/mol. The predicted octanol–water partition coefficient (Wildman–Crippen LogP) is 2.76. The maximum absolute atomic E-state index is 12.6. The number of carbonyl (C=O) groups excluding carboxylic acids is 1. The lowest BCUT2D eigenvalue weighted by atomic mass is 9.89. The molecule has 1 unspecified atom stereocenters. The van der Waals surface area contributed by atoms with Crippen molar-refractivity contribution in [3.05, 3.63) is 41.2 Å². The third kappa shape index (κ3) is 3.33. The number of rotatable bonds is 2. The lowest BCUT2D eigenvalue weighted by Crippen LogP contribution is -2.41. The summed E-state index contributed by atoms with van der Waals surface area (Å²) in [6.07, 6.45) is 2.27. The van der Waals surface area contributed by atoms with Crippen molar-refractivity contribution in [3.8, 4) is 5.75 Å². The van der Waals surface area contributed by atoms with E-state index >= 15 is 0 Å². The van der Waals surface area contributed by atoms with E-state index in [0.29, 0.717) is 17.7 Å². The summed E-state index contributed by atoms with van der Waals surface area (Å²) in [5.41, 5.74) is 8.54. The zero-order valence-electron chi connectivity index (χ0n) is 14.3. The number of halogens is 1. The molecule has 2 aromatic rings. The van der Waals surface area contributed by atoms with Crippen LogP contribution in [0.2, 0.25) is 0 Å². The Morgan fingerprint density at radius 1 is 1.46 bits per heavy atom. The van der Waals surface area contributed by atoms with Gasteiger partial charge in [0.25, 0.3) is 5.91 Å². The van der Waals surface area contributed by atoms with Crippen LogP contribution in [-0.4, -0.2) is 21.3 Å². The number of anilines is 1. The smallest absolute Gasteiger partial charge is 0.255 e. The Hall–Kier alpha value is -2.21. The van der Waals surface area contributed by atoms with Crippen LogP contribution in [0.4, 0.5) is 5.69 Å². The molecule has 24 heavy (non-hydrogen) atoms. The highest BCUT2D eigenvalue weighted by Crippen LogP contribution is 2.40. The van der Waals surface area contributed by atoms with Crippen LogP contribution in [0.5, 0.6) is 5.75 Å². The molecule has 7 heteroatoms. The van der Waals surface area contributed by atoms with E-state index in [0.717, 1.165) is 17.0 Å². The van der Waals surface area contributed by atoms with E-state index in [4.69, 9.17) is 10.5 Å². The molecule has 0 saturated carbocycles. The monoisotopic (exact) mass is 350 g/mol. The Kier molecular flexibility index (Phi) is 4.80. The maximum atomic E-state index is 12.6. The number of ether oxygens (including phenoxy) is 1. The SMILES string of the molecule is Cc1c(C(=O)NC2CC(C)(C)Oc3ccc(N)cc32)cnn1C.Cl. The van der Waals surface area contributed by atoms with Gasteiger partial charge in [0.15, 0.2) is 0 Å². The second kappa shape index (κ2) is 6.36. The quantitative estimate of drug-likeness (QED) is 0.816. The number of carbonyl (C=O) groups is 1. The van der Waals surface area contributed by atoms with Gasteiger partial charge in [-0.05, 0) is 39.0 Å². The Morgan fingerprint density at radius 2 is 2.17 bits per heavy atom. The molecular weight excluding hydrogens is 328 g/mol. The summed E-state index contributed by atoms with van der Waals surface area (Å²) >= 11 is 0. The molecular formula is C17H23ClN4O2. The highest BCUT2D eigenvalue weighted by atomic mass is 35.5. The fourth-order valence-corrected chi connectivity index (χ4v) is 2.96. The summed E-state index contributed by atoms with van der Waals surface area (Å²) < 4.78 is 7.69. The highest BCUT2D eigenvalue weighted by Gasteiger charge is 2.35. The standard InChI is InChI=1S/C17H22N4O2.ClH/c1-10-13(9-19-21(10)4)16(22)20-14-8-17(2,3)23-15-6-5-11(18)7-12(14)15;/h5-7,9,14H,8,18H2,1-4H3,(H,20,22);1H. The molecule has 3 N–H and O–H groups in total. The van der Waals surface area contributed by atoms with Gasteiger partial charge in [-0.2, -0.15) is 5.10 Å². The van der Waals surface area contributed by atoms with Crippen LogP contribution in [0.1, 0.15) is 47.9 Å². The first kappa shape index (κ1) is 18.1. The van der Waals surface area contributed by atoms with Gasteiger partial charge in [-0.1, -0.05) is 0 Å². The number of benzene rings is 1. The summed E-state index contributed by atoms with van der Waals surface area (Å²) in [6.45, 7) is 5.91. The molecule has 0 bridgehead atoms. The molecule has 0 radical (unpaired) electrons. The van der Waals surface area contributed by atoms with Crippen molar-refractivity contribution < 1.29 is 9.53 Å². The zero-order chi connectivity index (χ0) is 16.8. The van der Waals surface area contributed by atoms with Gasteiger partial charge in [0.05, 0.1) is 17.8 Å². The van der Waals surface area contributed by atoms with Crippen molar-refractivity contribution in [2.24, 2.45) is 7.05 Å². The average Bonchev–Trinajstić information content (AvgIpc) is 2.79. The largest absolute Gasteiger partial charge is 0.487 e. The van der Waals surface area contributed by atoms with Crippen LogP contribution < -0.4 is 15.8 Å². The molecule has 1 aromatic heterocycles. The summed E-state index contributed by atoms with van der Waals surface area (Å²) in [4.78, 5) is 12.6. The first-order chi connectivity index (χ1) is 10.8.